The Morgan fingerprint density at radius 3 is 2.41 bits per heavy atom. The van der Waals surface area contributed by atoms with Gasteiger partial charge in [0.05, 0.1) is 18.8 Å². The maximum Gasteiger partial charge on any atom is 0.0926 e. The number of hydrogen-bond donors (Lipinski definition) is 3. The lowest BCUT2D eigenvalue weighted by Gasteiger charge is -2.39. The normalized spacial score (nSPS) is 30.7. The van der Waals surface area contributed by atoms with E-state index in [2.05, 4.69) is 11.8 Å². The standard InChI is InChI=1S/C13H27NO3/c1-2-3-4-5-6-7-14-9-13(17)12(16)8-11(14)10-15/h11-13,15-17H,2-10H2,1H3/t11-,12-,13-/m0/s1. The van der Waals surface area contributed by atoms with Gasteiger partial charge in [-0.05, 0) is 19.4 Å². The molecular weight excluding hydrogens is 218 g/mol. The number of aliphatic hydroxyl groups excluding tert-OH is 3. The molecule has 1 aliphatic rings. The first-order valence-electron chi connectivity index (χ1n) is 6.90. The largest absolute Gasteiger partial charge is 0.395 e. The second-order valence-corrected chi connectivity index (χ2v) is 5.12. The Bertz CT molecular complexity index is 201. The minimum Gasteiger partial charge on any atom is -0.395 e. The average molecular weight is 245 g/mol. The van der Waals surface area contributed by atoms with Crippen LogP contribution < -0.4 is 0 Å². The van der Waals surface area contributed by atoms with Gasteiger partial charge in [-0.25, -0.2) is 0 Å². The van der Waals surface area contributed by atoms with E-state index >= 15 is 0 Å². The summed E-state index contributed by atoms with van der Waals surface area (Å²) < 4.78 is 0. The lowest BCUT2D eigenvalue weighted by atomic mass is 9.97. The molecule has 3 N–H and O–H groups in total. The number of aliphatic hydroxyl groups is 3. The van der Waals surface area contributed by atoms with Gasteiger partial charge in [-0.1, -0.05) is 32.6 Å². The van der Waals surface area contributed by atoms with Crippen LogP contribution in [0.3, 0.4) is 0 Å². The third-order valence-corrected chi connectivity index (χ3v) is 3.66. The first-order chi connectivity index (χ1) is 8.19. The van der Waals surface area contributed by atoms with Crippen molar-refractivity contribution in [2.45, 2.75) is 63.7 Å². The van der Waals surface area contributed by atoms with Gasteiger partial charge in [0, 0.05) is 12.6 Å². The second kappa shape index (κ2) is 8.03. The summed E-state index contributed by atoms with van der Waals surface area (Å²) in [5, 5.41) is 28.5. The Kier molecular flexibility index (Phi) is 7.04. The monoisotopic (exact) mass is 245 g/mol. The molecule has 1 fully saturated rings. The van der Waals surface area contributed by atoms with Gasteiger partial charge in [0.1, 0.15) is 0 Å². The van der Waals surface area contributed by atoms with Crippen molar-refractivity contribution in [2.24, 2.45) is 0 Å². The molecule has 3 atom stereocenters. The number of piperidine rings is 1. The highest BCUT2D eigenvalue weighted by molar-refractivity contribution is 4.86. The van der Waals surface area contributed by atoms with Crippen molar-refractivity contribution < 1.29 is 15.3 Å². The van der Waals surface area contributed by atoms with Crippen LogP contribution in [0.2, 0.25) is 0 Å². The van der Waals surface area contributed by atoms with Gasteiger partial charge in [0.2, 0.25) is 0 Å². The maximum absolute atomic E-state index is 9.63. The van der Waals surface area contributed by atoms with Gasteiger partial charge < -0.3 is 15.3 Å². The van der Waals surface area contributed by atoms with Crippen LogP contribution in [0.25, 0.3) is 0 Å². The van der Waals surface area contributed by atoms with Crippen LogP contribution in [-0.4, -0.2) is 58.2 Å². The van der Waals surface area contributed by atoms with E-state index in [0.717, 1.165) is 13.0 Å². The van der Waals surface area contributed by atoms with Gasteiger partial charge in [-0.3, -0.25) is 4.90 Å². The van der Waals surface area contributed by atoms with Crippen LogP contribution in [0.5, 0.6) is 0 Å². The highest BCUT2D eigenvalue weighted by atomic mass is 16.3. The summed E-state index contributed by atoms with van der Waals surface area (Å²) in [6.07, 6.45) is 5.25. The van der Waals surface area contributed by atoms with E-state index in [1.54, 1.807) is 0 Å². The van der Waals surface area contributed by atoms with E-state index in [9.17, 15) is 15.3 Å². The highest BCUT2D eigenvalue weighted by Gasteiger charge is 2.32. The van der Waals surface area contributed by atoms with Gasteiger partial charge in [-0.2, -0.15) is 0 Å². The molecule has 0 radical (unpaired) electrons. The van der Waals surface area contributed by atoms with Crippen LogP contribution in [0.1, 0.15) is 45.4 Å². The van der Waals surface area contributed by atoms with Crippen molar-refractivity contribution in [3.8, 4) is 0 Å². The van der Waals surface area contributed by atoms with Gasteiger partial charge in [0.15, 0.2) is 0 Å². The zero-order valence-corrected chi connectivity index (χ0v) is 10.9. The number of β-amino-alcohol motifs (C(OH)–C–C–N with tert-alkyl or cyclic N) is 1. The van der Waals surface area contributed by atoms with Crippen molar-refractivity contribution in [2.75, 3.05) is 19.7 Å². The Morgan fingerprint density at radius 1 is 1.06 bits per heavy atom. The number of likely N-dealkylation sites (tertiary alicyclic amines) is 1. The van der Waals surface area contributed by atoms with E-state index in [4.69, 9.17) is 0 Å². The topological polar surface area (TPSA) is 63.9 Å². The minimum atomic E-state index is -0.677. The van der Waals surface area contributed by atoms with Gasteiger partial charge in [-0.15, -0.1) is 0 Å². The molecule has 0 saturated carbocycles. The second-order valence-electron chi connectivity index (χ2n) is 5.12. The number of rotatable bonds is 7. The molecule has 0 aromatic rings. The SMILES string of the molecule is CCCCCCCN1C[C@H](O)[C@@H](O)C[C@H]1CO. The fraction of sp³-hybridized carbons (Fsp3) is 1.00. The molecule has 1 saturated heterocycles. The fourth-order valence-corrected chi connectivity index (χ4v) is 2.48. The molecule has 1 aliphatic heterocycles. The molecule has 17 heavy (non-hydrogen) atoms. The maximum atomic E-state index is 9.63. The number of unbranched alkanes of at least 4 members (excludes halogenated alkanes) is 4. The first kappa shape index (κ1) is 14.9. The average Bonchev–Trinajstić information content (AvgIpc) is 2.33. The lowest BCUT2D eigenvalue weighted by molar-refractivity contribution is -0.0710. The van der Waals surface area contributed by atoms with Crippen molar-refractivity contribution in [3.63, 3.8) is 0 Å². The molecule has 1 rings (SSSR count). The molecule has 1 heterocycles. The van der Waals surface area contributed by atoms with Crippen LogP contribution in [0.15, 0.2) is 0 Å². The molecule has 0 aliphatic carbocycles. The van der Waals surface area contributed by atoms with Crippen LogP contribution >= 0.6 is 0 Å². The Hall–Kier alpha value is -0.160. The zero-order valence-electron chi connectivity index (χ0n) is 10.9. The Balaban J connectivity index is 2.24. The quantitative estimate of drug-likeness (QED) is 0.579. The molecule has 102 valence electrons. The predicted octanol–water partition coefficient (Wildman–Crippen LogP) is 0.745. The van der Waals surface area contributed by atoms with Crippen molar-refractivity contribution in [3.05, 3.63) is 0 Å². The van der Waals surface area contributed by atoms with E-state index in [0.29, 0.717) is 13.0 Å². The molecule has 0 spiro atoms. The fourth-order valence-electron chi connectivity index (χ4n) is 2.48. The summed E-state index contributed by atoms with van der Waals surface area (Å²) in [6, 6.07) is 0.0135. The van der Waals surface area contributed by atoms with Crippen molar-refractivity contribution >= 4 is 0 Å². The van der Waals surface area contributed by atoms with Crippen LogP contribution in [0.4, 0.5) is 0 Å². The highest BCUT2D eigenvalue weighted by Crippen LogP contribution is 2.18. The number of hydrogen-bond acceptors (Lipinski definition) is 4. The molecule has 0 aromatic heterocycles. The molecule has 4 heteroatoms. The van der Waals surface area contributed by atoms with Gasteiger partial charge >= 0.3 is 0 Å². The third-order valence-electron chi connectivity index (χ3n) is 3.66. The first-order valence-corrected chi connectivity index (χ1v) is 6.90. The third kappa shape index (κ3) is 4.92. The minimum absolute atomic E-state index is 0.0135. The molecule has 0 unspecified atom stereocenters. The summed E-state index contributed by atoms with van der Waals surface area (Å²) in [6.45, 7) is 3.67. The van der Waals surface area contributed by atoms with Crippen LogP contribution in [-0.2, 0) is 0 Å². The molecule has 0 aromatic carbocycles. The van der Waals surface area contributed by atoms with E-state index < -0.39 is 12.2 Å². The number of nitrogens with zero attached hydrogens (tertiary/aromatic N) is 1. The zero-order chi connectivity index (χ0) is 12.7. The van der Waals surface area contributed by atoms with Crippen LogP contribution in [0, 0.1) is 0 Å². The summed E-state index contributed by atoms with van der Waals surface area (Å²) in [5.41, 5.74) is 0. The smallest absolute Gasteiger partial charge is 0.0926 e. The van der Waals surface area contributed by atoms with Crippen molar-refractivity contribution in [1.29, 1.82) is 0 Å². The summed E-state index contributed by atoms with van der Waals surface area (Å²) in [7, 11) is 0. The van der Waals surface area contributed by atoms with E-state index in [-0.39, 0.29) is 12.6 Å². The molecular formula is C13H27NO3. The van der Waals surface area contributed by atoms with E-state index in [1.807, 2.05) is 0 Å². The lowest BCUT2D eigenvalue weighted by Crippen LogP contribution is -2.53. The van der Waals surface area contributed by atoms with Gasteiger partial charge in [0.25, 0.3) is 0 Å². The summed E-state index contributed by atoms with van der Waals surface area (Å²) >= 11 is 0. The molecule has 0 bridgehead atoms. The molecule has 4 nitrogen and oxygen atoms in total. The summed E-state index contributed by atoms with van der Waals surface area (Å²) in [5.74, 6) is 0. The Labute approximate surface area is 104 Å². The van der Waals surface area contributed by atoms with E-state index in [1.165, 1.54) is 25.7 Å². The van der Waals surface area contributed by atoms with Crippen molar-refractivity contribution in [1.82, 2.24) is 4.90 Å². The molecule has 0 amide bonds. The Morgan fingerprint density at radius 2 is 1.76 bits per heavy atom. The summed E-state index contributed by atoms with van der Waals surface area (Å²) in [4.78, 5) is 2.11. The predicted molar refractivity (Wildman–Crippen MR) is 67.8 cm³/mol.